The van der Waals surface area contributed by atoms with E-state index in [0.717, 1.165) is 36.5 Å². The SMILES string of the molecule is CSc1ccc2ccccc2c1-c1c(F)cc(Br)c2ccccc12. The second-order valence-corrected chi connectivity index (χ2v) is 7.33. The van der Waals surface area contributed by atoms with Crippen molar-refractivity contribution in [3.05, 3.63) is 77.0 Å². The number of benzene rings is 4. The van der Waals surface area contributed by atoms with Gasteiger partial charge in [0.05, 0.1) is 0 Å². The molecule has 24 heavy (non-hydrogen) atoms. The summed E-state index contributed by atoms with van der Waals surface area (Å²) in [5, 5.41) is 4.15. The number of rotatable bonds is 2. The van der Waals surface area contributed by atoms with Gasteiger partial charge in [0.1, 0.15) is 5.82 Å². The van der Waals surface area contributed by atoms with E-state index in [2.05, 4.69) is 40.2 Å². The van der Waals surface area contributed by atoms with E-state index in [1.54, 1.807) is 17.8 Å². The molecule has 0 N–H and O–H groups in total. The Bertz CT molecular complexity index is 1070. The zero-order valence-electron chi connectivity index (χ0n) is 13.0. The van der Waals surface area contributed by atoms with Gasteiger partial charge in [0.25, 0.3) is 0 Å². The second kappa shape index (κ2) is 6.23. The van der Waals surface area contributed by atoms with Gasteiger partial charge in [-0.25, -0.2) is 4.39 Å². The lowest BCUT2D eigenvalue weighted by molar-refractivity contribution is 0.632. The third kappa shape index (κ3) is 2.43. The Morgan fingerprint density at radius 1 is 0.792 bits per heavy atom. The minimum atomic E-state index is -0.202. The molecule has 0 nitrogen and oxygen atoms in total. The summed E-state index contributed by atoms with van der Waals surface area (Å²) in [4.78, 5) is 1.08. The molecule has 0 saturated heterocycles. The summed E-state index contributed by atoms with van der Waals surface area (Å²) in [6.07, 6.45) is 2.03. The molecule has 0 radical (unpaired) electrons. The van der Waals surface area contributed by atoms with E-state index in [9.17, 15) is 0 Å². The maximum absolute atomic E-state index is 15.1. The fraction of sp³-hybridized carbons (Fsp3) is 0.0476. The van der Waals surface area contributed by atoms with Gasteiger partial charge in [-0.05, 0) is 39.9 Å². The van der Waals surface area contributed by atoms with Crippen LogP contribution in [-0.4, -0.2) is 6.26 Å². The van der Waals surface area contributed by atoms with Crippen LogP contribution in [0.2, 0.25) is 0 Å². The summed E-state index contributed by atoms with van der Waals surface area (Å²) in [6, 6.07) is 21.9. The van der Waals surface area contributed by atoms with Crippen LogP contribution in [0.1, 0.15) is 0 Å². The van der Waals surface area contributed by atoms with E-state index in [0.29, 0.717) is 5.56 Å². The van der Waals surface area contributed by atoms with Crippen molar-refractivity contribution in [2.75, 3.05) is 6.26 Å². The Morgan fingerprint density at radius 3 is 2.21 bits per heavy atom. The van der Waals surface area contributed by atoms with Crippen LogP contribution in [0.4, 0.5) is 4.39 Å². The number of fused-ring (bicyclic) bond motifs is 2. The van der Waals surface area contributed by atoms with E-state index < -0.39 is 0 Å². The molecule has 0 heterocycles. The summed E-state index contributed by atoms with van der Waals surface area (Å²) in [5.41, 5.74) is 1.65. The molecular weight excluding hydrogens is 383 g/mol. The van der Waals surface area contributed by atoms with E-state index in [4.69, 9.17) is 0 Å². The lowest BCUT2D eigenvalue weighted by Gasteiger charge is -2.16. The minimum absolute atomic E-state index is 0.202. The standard InChI is InChI=1S/C21H14BrFS/c1-24-19-11-10-13-6-2-3-7-14(13)21(19)20-16-9-5-4-8-15(16)17(22)12-18(20)23/h2-12H,1H3. The van der Waals surface area contributed by atoms with Gasteiger partial charge >= 0.3 is 0 Å². The average molecular weight is 397 g/mol. The molecule has 0 aliphatic heterocycles. The molecule has 0 atom stereocenters. The van der Waals surface area contributed by atoms with Crippen molar-refractivity contribution < 1.29 is 4.39 Å². The molecule has 0 spiro atoms. The highest BCUT2D eigenvalue weighted by Crippen LogP contribution is 2.43. The van der Waals surface area contributed by atoms with Crippen LogP contribution in [0, 0.1) is 5.82 Å². The van der Waals surface area contributed by atoms with Crippen molar-refractivity contribution in [2.24, 2.45) is 0 Å². The summed E-state index contributed by atoms with van der Waals surface area (Å²) in [5.74, 6) is -0.202. The Balaban J connectivity index is 2.22. The fourth-order valence-corrected chi connectivity index (χ4v) is 4.40. The van der Waals surface area contributed by atoms with Gasteiger partial charge < -0.3 is 0 Å². The molecular formula is C21H14BrFS. The molecule has 0 saturated carbocycles. The molecule has 0 unspecified atom stereocenters. The maximum atomic E-state index is 15.1. The van der Waals surface area contributed by atoms with Crippen LogP contribution in [0.5, 0.6) is 0 Å². The van der Waals surface area contributed by atoms with Crippen molar-refractivity contribution >= 4 is 49.2 Å². The zero-order chi connectivity index (χ0) is 16.7. The van der Waals surface area contributed by atoms with Gasteiger partial charge in [-0.3, -0.25) is 0 Å². The highest BCUT2D eigenvalue weighted by Gasteiger charge is 2.18. The lowest BCUT2D eigenvalue weighted by atomic mass is 9.93. The molecule has 4 aromatic carbocycles. The van der Waals surface area contributed by atoms with Crippen LogP contribution in [-0.2, 0) is 0 Å². The van der Waals surface area contributed by atoms with Gasteiger partial charge in [-0.1, -0.05) is 70.5 Å². The van der Waals surface area contributed by atoms with Gasteiger partial charge in [0.15, 0.2) is 0 Å². The maximum Gasteiger partial charge on any atom is 0.132 e. The predicted molar refractivity (Wildman–Crippen MR) is 106 cm³/mol. The molecule has 0 aromatic heterocycles. The van der Waals surface area contributed by atoms with Crippen LogP contribution >= 0.6 is 27.7 Å². The smallest absolute Gasteiger partial charge is 0.132 e. The second-order valence-electron chi connectivity index (χ2n) is 5.62. The zero-order valence-corrected chi connectivity index (χ0v) is 15.4. The molecule has 118 valence electrons. The molecule has 3 heteroatoms. The molecule has 0 aliphatic rings. The molecule has 0 amide bonds. The highest BCUT2D eigenvalue weighted by molar-refractivity contribution is 9.10. The summed E-state index contributed by atoms with van der Waals surface area (Å²) in [6.45, 7) is 0. The van der Waals surface area contributed by atoms with Crippen LogP contribution in [0.3, 0.4) is 0 Å². The monoisotopic (exact) mass is 396 g/mol. The Morgan fingerprint density at radius 2 is 1.46 bits per heavy atom. The quantitative estimate of drug-likeness (QED) is 0.320. The summed E-state index contributed by atoms with van der Waals surface area (Å²) in [7, 11) is 0. The molecule has 0 aliphatic carbocycles. The third-order valence-corrected chi connectivity index (χ3v) is 5.74. The van der Waals surface area contributed by atoms with Crippen molar-refractivity contribution in [1.29, 1.82) is 0 Å². The topological polar surface area (TPSA) is 0 Å². The van der Waals surface area contributed by atoms with Gasteiger partial charge in [0.2, 0.25) is 0 Å². The number of halogens is 2. The van der Waals surface area contributed by atoms with Gasteiger partial charge in [-0.2, -0.15) is 0 Å². The Labute approximate surface area is 152 Å². The van der Waals surface area contributed by atoms with Crippen LogP contribution < -0.4 is 0 Å². The fourth-order valence-electron chi connectivity index (χ4n) is 3.23. The third-order valence-electron chi connectivity index (χ3n) is 4.31. The van der Waals surface area contributed by atoms with Crippen molar-refractivity contribution in [2.45, 2.75) is 4.90 Å². The van der Waals surface area contributed by atoms with Crippen LogP contribution in [0.15, 0.2) is 76.1 Å². The summed E-state index contributed by atoms with van der Waals surface area (Å²) >= 11 is 5.14. The molecule has 0 fully saturated rings. The van der Waals surface area contributed by atoms with E-state index in [1.165, 1.54) is 0 Å². The van der Waals surface area contributed by atoms with E-state index in [1.807, 2.05) is 42.7 Å². The molecule has 0 bridgehead atoms. The van der Waals surface area contributed by atoms with Crippen molar-refractivity contribution in [3.8, 4) is 11.1 Å². The van der Waals surface area contributed by atoms with Gasteiger partial charge in [-0.15, -0.1) is 11.8 Å². The predicted octanol–water partition coefficient (Wildman–Crippen LogP) is 7.28. The number of hydrogen-bond acceptors (Lipinski definition) is 1. The lowest BCUT2D eigenvalue weighted by Crippen LogP contribution is -1.92. The largest absolute Gasteiger partial charge is 0.206 e. The minimum Gasteiger partial charge on any atom is -0.206 e. The van der Waals surface area contributed by atoms with Crippen LogP contribution in [0.25, 0.3) is 32.7 Å². The Hall–Kier alpha value is -1.84. The average Bonchev–Trinajstić information content (AvgIpc) is 2.62. The van der Waals surface area contributed by atoms with E-state index >= 15 is 4.39 Å². The van der Waals surface area contributed by atoms with E-state index in [-0.39, 0.29) is 5.82 Å². The molecule has 4 rings (SSSR count). The first-order valence-electron chi connectivity index (χ1n) is 7.63. The molecule has 4 aromatic rings. The first-order chi connectivity index (χ1) is 11.7. The first-order valence-corrected chi connectivity index (χ1v) is 9.65. The number of hydrogen-bond donors (Lipinski definition) is 0. The van der Waals surface area contributed by atoms with Gasteiger partial charge in [0, 0.05) is 20.5 Å². The summed E-state index contributed by atoms with van der Waals surface area (Å²) < 4.78 is 15.9. The van der Waals surface area contributed by atoms with Crippen molar-refractivity contribution in [1.82, 2.24) is 0 Å². The number of thioether (sulfide) groups is 1. The van der Waals surface area contributed by atoms with Crippen molar-refractivity contribution in [3.63, 3.8) is 0 Å². The highest BCUT2D eigenvalue weighted by atomic mass is 79.9. The first kappa shape index (κ1) is 15.7. The normalized spacial score (nSPS) is 11.3. The Kier molecular flexibility index (Phi) is 4.07.